The van der Waals surface area contributed by atoms with E-state index in [4.69, 9.17) is 18.6 Å². The first kappa shape index (κ1) is 37.4. The van der Waals surface area contributed by atoms with Gasteiger partial charge in [-0.2, -0.15) is 0 Å². The molecule has 0 aliphatic carbocycles. The van der Waals surface area contributed by atoms with Crippen molar-refractivity contribution in [3.8, 4) is 0 Å². The molecule has 2 aliphatic heterocycles. The van der Waals surface area contributed by atoms with Gasteiger partial charge in [-0.25, -0.2) is 0 Å². The van der Waals surface area contributed by atoms with E-state index in [0.717, 1.165) is 51.8 Å². The molecule has 5 atom stereocenters. The molecule has 252 valence electrons. The highest BCUT2D eigenvalue weighted by Crippen LogP contribution is 2.39. The Labute approximate surface area is 271 Å². The van der Waals surface area contributed by atoms with Gasteiger partial charge in [-0.05, 0) is 62.2 Å². The predicted molar refractivity (Wildman–Crippen MR) is 185 cm³/mol. The first-order valence-electron chi connectivity index (χ1n) is 18.2. The van der Waals surface area contributed by atoms with Gasteiger partial charge in [0, 0.05) is 19.1 Å². The summed E-state index contributed by atoms with van der Waals surface area (Å²) in [6.45, 7) is 14.1. The largest absolute Gasteiger partial charge is 0.416 e. The maximum atomic E-state index is 11.2. The van der Waals surface area contributed by atoms with Crippen molar-refractivity contribution in [3.05, 3.63) is 35.9 Å². The molecule has 2 saturated heterocycles. The summed E-state index contributed by atoms with van der Waals surface area (Å²) < 4.78 is 25.1. The normalized spacial score (nSPS) is 23.3. The average Bonchev–Trinajstić information content (AvgIpc) is 3.68. The molecule has 0 amide bonds. The smallest absolute Gasteiger partial charge is 0.191 e. The van der Waals surface area contributed by atoms with E-state index in [1.165, 1.54) is 89.0 Å². The summed E-state index contributed by atoms with van der Waals surface area (Å²) in [5.74, 6) is 0.452. The van der Waals surface area contributed by atoms with Crippen LogP contribution in [0.25, 0.3) is 0 Å². The van der Waals surface area contributed by atoms with E-state index >= 15 is 0 Å². The molecule has 44 heavy (non-hydrogen) atoms. The second-order valence-electron chi connectivity index (χ2n) is 15.1. The Kier molecular flexibility index (Phi) is 17.2. The summed E-state index contributed by atoms with van der Waals surface area (Å²) in [7, 11) is -1.80. The standard InChI is InChI=1S/C38H66O5Si/c1-38(2,3)44(4,5)41-31-33(35-26-27-37(43-35)36-25-24-34(29-39)42-36)23-19-14-12-10-8-6-7-9-11-13-15-20-28-40-30-32-21-17-16-18-22-32/h16-18,21-22,29,33-37H,6-15,19-20,23-28,30-31H2,1-5H3/t33-,34-,35-,36-,37-/m1/s1. The first-order valence-corrected chi connectivity index (χ1v) is 21.1. The summed E-state index contributed by atoms with van der Waals surface area (Å²) in [5.41, 5.74) is 1.27. The van der Waals surface area contributed by atoms with Gasteiger partial charge in [0.1, 0.15) is 12.4 Å². The van der Waals surface area contributed by atoms with Crippen molar-refractivity contribution in [1.82, 2.24) is 0 Å². The fraction of sp³-hybridized carbons (Fsp3) is 0.816. The van der Waals surface area contributed by atoms with Crippen molar-refractivity contribution in [2.45, 2.75) is 179 Å². The van der Waals surface area contributed by atoms with Gasteiger partial charge in [0.25, 0.3) is 0 Å². The van der Waals surface area contributed by atoms with Gasteiger partial charge >= 0.3 is 0 Å². The molecule has 0 radical (unpaired) electrons. The zero-order chi connectivity index (χ0) is 31.7. The van der Waals surface area contributed by atoms with E-state index in [2.05, 4.69) is 64.2 Å². The summed E-state index contributed by atoms with van der Waals surface area (Å²) in [4.78, 5) is 11.2. The predicted octanol–water partition coefficient (Wildman–Crippen LogP) is 10.2. The fourth-order valence-electron chi connectivity index (χ4n) is 6.42. The van der Waals surface area contributed by atoms with E-state index in [0.29, 0.717) is 5.92 Å². The molecule has 0 unspecified atom stereocenters. The van der Waals surface area contributed by atoms with Crippen LogP contribution >= 0.6 is 0 Å². The third kappa shape index (κ3) is 13.7. The fourth-order valence-corrected chi connectivity index (χ4v) is 7.49. The number of rotatable bonds is 23. The van der Waals surface area contributed by atoms with Crippen molar-refractivity contribution in [2.24, 2.45) is 5.92 Å². The molecule has 0 bridgehead atoms. The molecular weight excluding hydrogens is 564 g/mol. The lowest BCUT2D eigenvalue weighted by atomic mass is 9.93. The molecule has 2 fully saturated rings. The Hall–Kier alpha value is -1.05. The van der Waals surface area contributed by atoms with Crippen LogP contribution < -0.4 is 0 Å². The Bertz CT molecular complexity index is 885. The number of carbonyl (C=O) groups is 1. The average molecular weight is 631 g/mol. The van der Waals surface area contributed by atoms with Gasteiger partial charge in [0.05, 0.1) is 24.9 Å². The molecule has 1 aromatic rings. The number of benzene rings is 1. The number of unbranched alkanes of at least 4 members (excludes halogenated alkanes) is 11. The molecule has 6 heteroatoms. The Morgan fingerprint density at radius 3 is 1.95 bits per heavy atom. The van der Waals surface area contributed by atoms with E-state index in [9.17, 15) is 4.79 Å². The van der Waals surface area contributed by atoms with Crippen LogP contribution in [0, 0.1) is 5.92 Å². The van der Waals surface area contributed by atoms with Crippen molar-refractivity contribution in [3.63, 3.8) is 0 Å². The lowest BCUT2D eigenvalue weighted by molar-refractivity contribution is -0.122. The van der Waals surface area contributed by atoms with Crippen LogP contribution in [0.2, 0.25) is 18.1 Å². The van der Waals surface area contributed by atoms with E-state index in [1.54, 1.807) is 0 Å². The van der Waals surface area contributed by atoms with Crippen LogP contribution in [0.5, 0.6) is 0 Å². The van der Waals surface area contributed by atoms with Crippen LogP contribution in [0.1, 0.15) is 135 Å². The maximum Gasteiger partial charge on any atom is 0.191 e. The molecular formula is C38H66O5Si. The van der Waals surface area contributed by atoms with Crippen LogP contribution in [0.4, 0.5) is 0 Å². The van der Waals surface area contributed by atoms with Gasteiger partial charge in [0.15, 0.2) is 8.32 Å². The molecule has 3 rings (SSSR count). The summed E-state index contributed by atoms with van der Waals surface area (Å²) in [6, 6.07) is 10.5. The second-order valence-corrected chi connectivity index (χ2v) is 19.9. The Balaban J connectivity index is 1.22. The summed E-state index contributed by atoms with van der Waals surface area (Å²) in [6.07, 6.45) is 22.3. The van der Waals surface area contributed by atoms with Crippen LogP contribution in [-0.2, 0) is 30.0 Å². The third-order valence-corrected chi connectivity index (χ3v) is 15.0. The molecule has 0 saturated carbocycles. The maximum absolute atomic E-state index is 11.2. The minimum Gasteiger partial charge on any atom is -0.416 e. The van der Waals surface area contributed by atoms with Crippen LogP contribution in [0.3, 0.4) is 0 Å². The van der Waals surface area contributed by atoms with Gasteiger partial charge in [-0.3, -0.25) is 0 Å². The SMILES string of the molecule is CC(C)(C)[Si](C)(C)OC[C@@H](CCCCCCCCCCCCCCOCc1ccccc1)[C@H]1CC[C@H]([C@H]2CC[C@H](C=O)O2)O1. The minimum absolute atomic E-state index is 0.0851. The lowest BCUT2D eigenvalue weighted by Crippen LogP contribution is -2.43. The quantitative estimate of drug-likeness (QED) is 0.0684. The molecule has 1 aromatic carbocycles. The summed E-state index contributed by atoms with van der Waals surface area (Å²) in [5, 5.41) is 0.218. The minimum atomic E-state index is -1.80. The number of carbonyl (C=O) groups excluding carboxylic acids is 1. The highest BCUT2D eigenvalue weighted by molar-refractivity contribution is 6.74. The topological polar surface area (TPSA) is 54.0 Å². The van der Waals surface area contributed by atoms with E-state index in [1.807, 2.05) is 0 Å². The Morgan fingerprint density at radius 2 is 1.36 bits per heavy atom. The van der Waals surface area contributed by atoms with Crippen molar-refractivity contribution in [2.75, 3.05) is 13.2 Å². The third-order valence-electron chi connectivity index (χ3n) is 10.5. The number of aldehydes is 1. The zero-order valence-electron chi connectivity index (χ0n) is 29.0. The monoisotopic (exact) mass is 630 g/mol. The van der Waals surface area contributed by atoms with Gasteiger partial charge < -0.3 is 23.4 Å². The van der Waals surface area contributed by atoms with Crippen molar-refractivity contribution >= 4 is 14.6 Å². The van der Waals surface area contributed by atoms with Gasteiger partial charge in [-0.1, -0.05) is 122 Å². The molecule has 0 N–H and O–H groups in total. The highest BCUT2D eigenvalue weighted by Gasteiger charge is 2.41. The number of ether oxygens (including phenoxy) is 3. The molecule has 2 aliphatic rings. The zero-order valence-corrected chi connectivity index (χ0v) is 30.0. The van der Waals surface area contributed by atoms with Crippen LogP contribution in [-0.4, -0.2) is 52.2 Å². The molecule has 2 heterocycles. The molecule has 0 aromatic heterocycles. The van der Waals surface area contributed by atoms with Crippen molar-refractivity contribution < 1.29 is 23.4 Å². The first-order chi connectivity index (χ1) is 21.2. The summed E-state index contributed by atoms with van der Waals surface area (Å²) >= 11 is 0. The second kappa shape index (κ2) is 20.2. The van der Waals surface area contributed by atoms with E-state index in [-0.39, 0.29) is 29.5 Å². The molecule has 0 spiro atoms. The van der Waals surface area contributed by atoms with Crippen LogP contribution in [0.15, 0.2) is 30.3 Å². The van der Waals surface area contributed by atoms with Gasteiger partial charge in [-0.15, -0.1) is 0 Å². The van der Waals surface area contributed by atoms with Crippen molar-refractivity contribution in [1.29, 1.82) is 0 Å². The van der Waals surface area contributed by atoms with E-state index < -0.39 is 8.32 Å². The number of hydrogen-bond donors (Lipinski definition) is 0. The van der Waals surface area contributed by atoms with Gasteiger partial charge in [0.2, 0.25) is 0 Å². The highest BCUT2D eigenvalue weighted by atomic mass is 28.4. The molecule has 5 nitrogen and oxygen atoms in total. The number of hydrogen-bond acceptors (Lipinski definition) is 5. The Morgan fingerprint density at radius 1 is 0.795 bits per heavy atom. The lowest BCUT2D eigenvalue weighted by Gasteiger charge is -2.38.